The number of nitrogens with zero attached hydrogens (tertiary/aromatic N) is 3. The normalized spacial score (nSPS) is 16.5. The van der Waals surface area contributed by atoms with Crippen LogP contribution >= 0.6 is 0 Å². The second-order valence-corrected chi connectivity index (χ2v) is 3.60. The summed E-state index contributed by atoms with van der Waals surface area (Å²) >= 11 is 0. The van der Waals surface area contributed by atoms with Crippen LogP contribution in [0, 0.1) is 0 Å². The molecule has 1 aromatic heterocycles. The van der Waals surface area contributed by atoms with Gasteiger partial charge in [0.1, 0.15) is 17.8 Å². The topological polar surface area (TPSA) is 29.0 Å². The number of hydrogen-bond acceptors (Lipinski definition) is 3. The lowest BCUT2D eigenvalue weighted by atomic mass is 10.3. The standard InChI is InChI=1S/C9H10F3N3/c1-15(6-2-3-6)8-4-7(9(10,11)12)13-5-14-8/h4-6H,2-3H2,1H3. The largest absolute Gasteiger partial charge is 0.433 e. The van der Waals surface area contributed by atoms with Crippen LogP contribution in [0.25, 0.3) is 0 Å². The highest BCUT2D eigenvalue weighted by Crippen LogP contribution is 2.32. The van der Waals surface area contributed by atoms with Gasteiger partial charge < -0.3 is 4.90 Å². The van der Waals surface area contributed by atoms with Gasteiger partial charge in [0.25, 0.3) is 0 Å². The number of rotatable bonds is 2. The zero-order chi connectivity index (χ0) is 11.1. The van der Waals surface area contributed by atoms with Gasteiger partial charge in [-0.1, -0.05) is 0 Å². The van der Waals surface area contributed by atoms with E-state index in [1.54, 1.807) is 11.9 Å². The molecule has 0 amide bonds. The third-order valence-electron chi connectivity index (χ3n) is 2.40. The van der Waals surface area contributed by atoms with Gasteiger partial charge in [0, 0.05) is 19.2 Å². The Balaban J connectivity index is 2.25. The first-order valence-corrected chi connectivity index (χ1v) is 4.60. The maximum atomic E-state index is 12.3. The van der Waals surface area contributed by atoms with E-state index < -0.39 is 11.9 Å². The third kappa shape index (κ3) is 2.19. The van der Waals surface area contributed by atoms with E-state index in [4.69, 9.17) is 0 Å². The van der Waals surface area contributed by atoms with Crippen LogP contribution in [0.1, 0.15) is 18.5 Å². The van der Waals surface area contributed by atoms with Gasteiger partial charge in [-0.25, -0.2) is 9.97 Å². The fraction of sp³-hybridized carbons (Fsp3) is 0.556. The first kappa shape index (κ1) is 10.2. The molecule has 0 N–H and O–H groups in total. The van der Waals surface area contributed by atoms with Gasteiger partial charge in [-0.3, -0.25) is 0 Å². The van der Waals surface area contributed by atoms with Crippen molar-refractivity contribution in [1.29, 1.82) is 0 Å². The van der Waals surface area contributed by atoms with Crippen molar-refractivity contribution in [3.63, 3.8) is 0 Å². The summed E-state index contributed by atoms with van der Waals surface area (Å²) in [6.45, 7) is 0. The molecule has 3 nitrogen and oxygen atoms in total. The zero-order valence-corrected chi connectivity index (χ0v) is 8.12. The van der Waals surface area contributed by atoms with Gasteiger partial charge >= 0.3 is 6.18 Å². The minimum Gasteiger partial charge on any atom is -0.357 e. The highest BCUT2D eigenvalue weighted by atomic mass is 19.4. The van der Waals surface area contributed by atoms with Crippen molar-refractivity contribution in [2.45, 2.75) is 25.1 Å². The number of anilines is 1. The maximum absolute atomic E-state index is 12.3. The number of alkyl halides is 3. The summed E-state index contributed by atoms with van der Waals surface area (Å²) in [5.41, 5.74) is -0.889. The highest BCUT2D eigenvalue weighted by molar-refractivity contribution is 5.41. The van der Waals surface area contributed by atoms with Crippen molar-refractivity contribution >= 4 is 5.82 Å². The number of aromatic nitrogens is 2. The molecule has 1 heterocycles. The van der Waals surface area contributed by atoms with Gasteiger partial charge in [-0.15, -0.1) is 0 Å². The predicted octanol–water partition coefficient (Wildman–Crippen LogP) is 2.09. The van der Waals surface area contributed by atoms with E-state index in [1.807, 2.05) is 0 Å². The van der Waals surface area contributed by atoms with Crippen molar-refractivity contribution in [3.05, 3.63) is 18.1 Å². The second-order valence-electron chi connectivity index (χ2n) is 3.60. The van der Waals surface area contributed by atoms with Gasteiger partial charge in [0.2, 0.25) is 0 Å². The lowest BCUT2D eigenvalue weighted by Gasteiger charge is -2.17. The zero-order valence-electron chi connectivity index (χ0n) is 8.12. The van der Waals surface area contributed by atoms with Gasteiger partial charge in [-0.05, 0) is 12.8 Å². The smallest absolute Gasteiger partial charge is 0.357 e. The van der Waals surface area contributed by atoms with E-state index >= 15 is 0 Å². The van der Waals surface area contributed by atoms with Gasteiger partial charge in [-0.2, -0.15) is 13.2 Å². The molecule has 0 atom stereocenters. The minimum absolute atomic E-state index is 0.333. The van der Waals surface area contributed by atoms with E-state index in [1.165, 1.54) is 0 Å². The number of halogens is 3. The highest BCUT2D eigenvalue weighted by Gasteiger charge is 2.34. The first-order chi connectivity index (χ1) is 6.98. The van der Waals surface area contributed by atoms with Crippen LogP contribution < -0.4 is 4.90 Å². The fourth-order valence-corrected chi connectivity index (χ4v) is 1.34. The molecular formula is C9H10F3N3. The van der Waals surface area contributed by atoms with E-state index in [2.05, 4.69) is 9.97 Å². The van der Waals surface area contributed by atoms with E-state index in [0.29, 0.717) is 11.9 Å². The van der Waals surface area contributed by atoms with Crippen molar-refractivity contribution in [2.24, 2.45) is 0 Å². The summed E-state index contributed by atoms with van der Waals surface area (Å²) in [5, 5.41) is 0. The molecule has 82 valence electrons. The van der Waals surface area contributed by atoms with Crippen LogP contribution in [0.4, 0.5) is 19.0 Å². The molecule has 0 spiro atoms. The van der Waals surface area contributed by atoms with E-state index in [0.717, 1.165) is 25.2 Å². The summed E-state index contributed by atoms with van der Waals surface area (Å²) in [5.74, 6) is 0.333. The minimum atomic E-state index is -4.40. The molecular weight excluding hydrogens is 207 g/mol. The summed E-state index contributed by atoms with van der Waals surface area (Å²) in [6, 6.07) is 1.32. The SMILES string of the molecule is CN(c1cc(C(F)(F)F)ncn1)C1CC1. The molecule has 1 aliphatic carbocycles. The van der Waals surface area contributed by atoms with E-state index in [-0.39, 0.29) is 0 Å². The monoisotopic (exact) mass is 217 g/mol. The van der Waals surface area contributed by atoms with Crippen LogP contribution in [0.3, 0.4) is 0 Å². The molecule has 0 aromatic carbocycles. The summed E-state index contributed by atoms with van der Waals surface area (Å²) in [4.78, 5) is 8.80. The summed E-state index contributed by atoms with van der Waals surface area (Å²) in [6.07, 6.45) is -1.41. The predicted molar refractivity (Wildman–Crippen MR) is 48.5 cm³/mol. The Morgan fingerprint density at radius 3 is 2.53 bits per heavy atom. The van der Waals surface area contributed by atoms with Crippen LogP contribution in [0.5, 0.6) is 0 Å². The molecule has 0 unspecified atom stereocenters. The Labute approximate surface area is 84.9 Å². The lowest BCUT2D eigenvalue weighted by molar-refractivity contribution is -0.141. The molecule has 1 aromatic rings. The molecule has 6 heteroatoms. The molecule has 0 radical (unpaired) electrons. The Bertz CT molecular complexity index is 360. The molecule has 15 heavy (non-hydrogen) atoms. The Morgan fingerprint density at radius 1 is 1.33 bits per heavy atom. The Hall–Kier alpha value is -1.33. The summed E-state index contributed by atoms with van der Waals surface area (Å²) in [7, 11) is 1.75. The molecule has 1 saturated carbocycles. The van der Waals surface area contributed by atoms with Gasteiger partial charge in [0.15, 0.2) is 0 Å². The van der Waals surface area contributed by atoms with Crippen LogP contribution in [-0.4, -0.2) is 23.1 Å². The second kappa shape index (κ2) is 3.36. The molecule has 0 bridgehead atoms. The molecule has 0 saturated heterocycles. The van der Waals surface area contributed by atoms with Crippen molar-refractivity contribution in [3.8, 4) is 0 Å². The first-order valence-electron chi connectivity index (χ1n) is 4.60. The number of hydrogen-bond donors (Lipinski definition) is 0. The van der Waals surface area contributed by atoms with Crippen LogP contribution in [0.2, 0.25) is 0 Å². The Kier molecular flexibility index (Phi) is 2.28. The summed E-state index contributed by atoms with van der Waals surface area (Å²) < 4.78 is 37.0. The third-order valence-corrected chi connectivity index (χ3v) is 2.40. The average molecular weight is 217 g/mol. The van der Waals surface area contributed by atoms with Crippen molar-refractivity contribution in [2.75, 3.05) is 11.9 Å². The van der Waals surface area contributed by atoms with Crippen LogP contribution in [0.15, 0.2) is 12.4 Å². The van der Waals surface area contributed by atoms with E-state index in [9.17, 15) is 13.2 Å². The van der Waals surface area contributed by atoms with Crippen molar-refractivity contribution in [1.82, 2.24) is 9.97 Å². The maximum Gasteiger partial charge on any atom is 0.433 e. The molecule has 0 aliphatic heterocycles. The quantitative estimate of drug-likeness (QED) is 0.759. The van der Waals surface area contributed by atoms with Crippen molar-refractivity contribution < 1.29 is 13.2 Å². The Morgan fingerprint density at radius 2 is 2.00 bits per heavy atom. The molecule has 2 rings (SSSR count). The molecule has 1 aliphatic rings. The van der Waals surface area contributed by atoms with Gasteiger partial charge in [0.05, 0.1) is 0 Å². The fourth-order valence-electron chi connectivity index (χ4n) is 1.34. The average Bonchev–Trinajstić information content (AvgIpc) is 2.99. The lowest BCUT2D eigenvalue weighted by Crippen LogP contribution is -2.21. The molecule has 1 fully saturated rings. The van der Waals surface area contributed by atoms with Crippen LogP contribution in [-0.2, 0) is 6.18 Å².